The number of amides is 1. The number of nitrogens with zero attached hydrogens (tertiary/aromatic N) is 1. The summed E-state index contributed by atoms with van der Waals surface area (Å²) in [5.41, 5.74) is 3.31. The quantitative estimate of drug-likeness (QED) is 0.892. The highest BCUT2D eigenvalue weighted by molar-refractivity contribution is 7.91. The zero-order chi connectivity index (χ0) is 17.9. The van der Waals surface area contributed by atoms with E-state index in [0.29, 0.717) is 11.1 Å². The maximum atomic E-state index is 12.3. The third-order valence-corrected chi connectivity index (χ3v) is 5.76. The minimum atomic E-state index is -3.57. The number of nitrogens with one attached hydrogen (secondary N) is 1. The van der Waals surface area contributed by atoms with E-state index in [-0.39, 0.29) is 11.8 Å². The monoisotopic (exact) mass is 354 g/mol. The Morgan fingerprint density at radius 3 is 2.60 bits per heavy atom. The molecule has 0 aliphatic heterocycles. The summed E-state index contributed by atoms with van der Waals surface area (Å²) in [6.07, 6.45) is 1.68. The normalized spacial score (nSPS) is 16.0. The van der Waals surface area contributed by atoms with Crippen molar-refractivity contribution in [3.05, 3.63) is 70.8 Å². The van der Waals surface area contributed by atoms with Crippen molar-refractivity contribution in [1.29, 1.82) is 5.26 Å². The van der Waals surface area contributed by atoms with Crippen molar-refractivity contribution in [2.75, 3.05) is 5.75 Å². The number of sulfone groups is 1. The first-order valence-electron chi connectivity index (χ1n) is 8.03. The fourth-order valence-corrected chi connectivity index (χ4v) is 4.41. The molecule has 1 aliphatic carbocycles. The van der Waals surface area contributed by atoms with Crippen molar-refractivity contribution >= 4 is 15.7 Å². The lowest BCUT2D eigenvalue weighted by Gasteiger charge is -2.14. The van der Waals surface area contributed by atoms with E-state index in [4.69, 9.17) is 5.26 Å². The van der Waals surface area contributed by atoms with E-state index in [0.717, 1.165) is 18.4 Å². The van der Waals surface area contributed by atoms with E-state index in [1.807, 2.05) is 30.3 Å². The molecule has 0 radical (unpaired) electrons. The molecular weight excluding hydrogens is 336 g/mol. The summed E-state index contributed by atoms with van der Waals surface area (Å²) in [6.45, 7) is 0. The number of nitriles is 1. The molecule has 6 heteroatoms. The van der Waals surface area contributed by atoms with Gasteiger partial charge in [-0.3, -0.25) is 4.79 Å². The molecule has 1 atom stereocenters. The Morgan fingerprint density at radius 1 is 1.16 bits per heavy atom. The number of benzene rings is 2. The highest BCUT2D eigenvalue weighted by atomic mass is 32.2. The van der Waals surface area contributed by atoms with Gasteiger partial charge in [-0.2, -0.15) is 5.26 Å². The standard InChI is InChI=1S/C19H18N2O3S/c20-11-14-5-7-15(8-6-14)12-25(23,24)13-19(22)21-18-10-9-16-3-1-2-4-17(16)18/h1-8,18H,9-10,12-13H2,(H,21,22). The van der Waals surface area contributed by atoms with Gasteiger partial charge in [-0.25, -0.2) is 8.42 Å². The third kappa shape index (κ3) is 4.25. The highest BCUT2D eigenvalue weighted by Gasteiger charge is 2.25. The molecule has 0 fully saturated rings. The van der Waals surface area contributed by atoms with Gasteiger partial charge in [-0.15, -0.1) is 0 Å². The van der Waals surface area contributed by atoms with Gasteiger partial charge in [-0.1, -0.05) is 36.4 Å². The van der Waals surface area contributed by atoms with Crippen LogP contribution in [0.3, 0.4) is 0 Å². The van der Waals surface area contributed by atoms with Gasteiger partial charge in [0.1, 0.15) is 5.75 Å². The van der Waals surface area contributed by atoms with Crippen LogP contribution in [0.2, 0.25) is 0 Å². The summed E-state index contributed by atoms with van der Waals surface area (Å²) in [5.74, 6) is -1.23. The van der Waals surface area contributed by atoms with E-state index in [9.17, 15) is 13.2 Å². The zero-order valence-electron chi connectivity index (χ0n) is 13.6. The molecule has 0 bridgehead atoms. The van der Waals surface area contributed by atoms with E-state index >= 15 is 0 Å². The fraction of sp³-hybridized carbons (Fsp3) is 0.263. The second-order valence-electron chi connectivity index (χ2n) is 6.20. The summed E-state index contributed by atoms with van der Waals surface area (Å²) in [5, 5.41) is 11.6. The molecule has 0 saturated carbocycles. The maximum Gasteiger partial charge on any atom is 0.235 e. The largest absolute Gasteiger partial charge is 0.348 e. The van der Waals surface area contributed by atoms with Crippen molar-refractivity contribution in [3.63, 3.8) is 0 Å². The number of hydrogen-bond donors (Lipinski definition) is 1. The molecule has 2 aromatic carbocycles. The van der Waals surface area contributed by atoms with Crippen LogP contribution in [-0.4, -0.2) is 20.1 Å². The predicted octanol–water partition coefficient (Wildman–Crippen LogP) is 2.28. The first-order valence-corrected chi connectivity index (χ1v) is 9.85. The van der Waals surface area contributed by atoms with Crippen molar-refractivity contribution in [2.45, 2.75) is 24.6 Å². The molecule has 1 aliphatic rings. The van der Waals surface area contributed by atoms with Crippen LogP contribution in [0.15, 0.2) is 48.5 Å². The average molecular weight is 354 g/mol. The fourth-order valence-electron chi connectivity index (χ4n) is 3.12. The van der Waals surface area contributed by atoms with E-state index < -0.39 is 21.5 Å². The Hall–Kier alpha value is -2.65. The molecule has 1 N–H and O–H groups in total. The number of fused-ring (bicyclic) bond motifs is 1. The molecule has 25 heavy (non-hydrogen) atoms. The predicted molar refractivity (Wildman–Crippen MR) is 94.3 cm³/mol. The molecule has 2 aromatic rings. The third-order valence-electron chi connectivity index (χ3n) is 4.29. The van der Waals surface area contributed by atoms with Gasteiger partial charge >= 0.3 is 0 Å². The van der Waals surface area contributed by atoms with E-state index in [1.54, 1.807) is 24.3 Å². The Balaban J connectivity index is 1.61. The Kier molecular flexibility index (Phi) is 4.86. The summed E-state index contributed by atoms with van der Waals surface area (Å²) in [6, 6.07) is 16.1. The lowest BCUT2D eigenvalue weighted by molar-refractivity contribution is -0.119. The molecule has 1 amide bonds. The number of carbonyl (C=O) groups is 1. The molecule has 3 rings (SSSR count). The van der Waals surface area contributed by atoms with Crippen LogP contribution < -0.4 is 5.32 Å². The second kappa shape index (κ2) is 7.08. The first-order chi connectivity index (χ1) is 12.0. The van der Waals surface area contributed by atoms with Gasteiger partial charge in [-0.05, 0) is 41.7 Å². The second-order valence-corrected chi connectivity index (χ2v) is 8.26. The van der Waals surface area contributed by atoms with Crippen molar-refractivity contribution in [1.82, 2.24) is 5.32 Å². The minimum Gasteiger partial charge on any atom is -0.348 e. The average Bonchev–Trinajstić information content (AvgIpc) is 2.97. The van der Waals surface area contributed by atoms with Crippen molar-refractivity contribution < 1.29 is 13.2 Å². The van der Waals surface area contributed by atoms with Gasteiger partial charge in [0.2, 0.25) is 5.91 Å². The van der Waals surface area contributed by atoms with Gasteiger partial charge < -0.3 is 5.32 Å². The van der Waals surface area contributed by atoms with Crippen LogP contribution in [0.25, 0.3) is 0 Å². The Bertz CT molecular complexity index is 928. The van der Waals surface area contributed by atoms with E-state index in [2.05, 4.69) is 5.32 Å². The molecule has 0 heterocycles. The van der Waals surface area contributed by atoms with Crippen LogP contribution in [0, 0.1) is 11.3 Å². The SMILES string of the molecule is N#Cc1ccc(CS(=O)(=O)CC(=O)NC2CCc3ccccc32)cc1. The maximum absolute atomic E-state index is 12.3. The lowest BCUT2D eigenvalue weighted by atomic mass is 10.1. The van der Waals surface area contributed by atoms with Crippen molar-refractivity contribution in [2.24, 2.45) is 0 Å². The van der Waals surface area contributed by atoms with Crippen LogP contribution in [0.4, 0.5) is 0 Å². The van der Waals surface area contributed by atoms with Gasteiger partial charge in [0.25, 0.3) is 0 Å². The minimum absolute atomic E-state index is 0.117. The lowest BCUT2D eigenvalue weighted by Crippen LogP contribution is -2.33. The molecule has 0 aromatic heterocycles. The molecular formula is C19H18N2O3S. The van der Waals surface area contributed by atoms with E-state index in [1.165, 1.54) is 5.56 Å². The van der Waals surface area contributed by atoms with Crippen LogP contribution in [-0.2, 0) is 26.8 Å². The highest BCUT2D eigenvalue weighted by Crippen LogP contribution is 2.30. The number of carbonyl (C=O) groups excluding carboxylic acids is 1. The molecule has 0 spiro atoms. The van der Waals surface area contributed by atoms with Gasteiger partial charge in [0.05, 0.1) is 23.4 Å². The smallest absolute Gasteiger partial charge is 0.235 e. The topological polar surface area (TPSA) is 87.0 Å². The summed E-state index contributed by atoms with van der Waals surface area (Å²) in [4.78, 5) is 12.2. The van der Waals surface area contributed by atoms with Gasteiger partial charge in [0.15, 0.2) is 9.84 Å². The number of rotatable bonds is 5. The number of aryl methyl sites for hydroxylation is 1. The zero-order valence-corrected chi connectivity index (χ0v) is 14.4. The summed E-state index contributed by atoms with van der Waals surface area (Å²) >= 11 is 0. The molecule has 1 unspecified atom stereocenters. The first kappa shape index (κ1) is 17.2. The Labute approximate surface area is 147 Å². The summed E-state index contributed by atoms with van der Waals surface area (Å²) < 4.78 is 24.5. The van der Waals surface area contributed by atoms with Gasteiger partial charge in [0, 0.05) is 0 Å². The molecule has 5 nitrogen and oxygen atoms in total. The molecule has 0 saturated heterocycles. The molecule has 128 valence electrons. The van der Waals surface area contributed by atoms with Crippen LogP contribution in [0.5, 0.6) is 0 Å². The number of hydrogen-bond acceptors (Lipinski definition) is 4. The summed E-state index contributed by atoms with van der Waals surface area (Å²) in [7, 11) is -3.57. The Morgan fingerprint density at radius 2 is 1.88 bits per heavy atom. The van der Waals surface area contributed by atoms with Crippen LogP contribution >= 0.6 is 0 Å². The van der Waals surface area contributed by atoms with Crippen molar-refractivity contribution in [3.8, 4) is 6.07 Å². The van der Waals surface area contributed by atoms with Crippen LogP contribution in [0.1, 0.15) is 34.7 Å².